The molecule has 2 aliphatic rings. The van der Waals surface area contributed by atoms with Crippen molar-refractivity contribution >= 4 is 5.97 Å². The van der Waals surface area contributed by atoms with Crippen molar-refractivity contribution in [1.82, 2.24) is 0 Å². The smallest absolute Gasteiger partial charge is 0.311 e. The van der Waals surface area contributed by atoms with Crippen molar-refractivity contribution in [3.63, 3.8) is 0 Å². The Morgan fingerprint density at radius 3 is 2.59 bits per heavy atom. The summed E-state index contributed by atoms with van der Waals surface area (Å²) >= 11 is 0. The van der Waals surface area contributed by atoms with Crippen LogP contribution in [0.1, 0.15) is 57.8 Å². The number of benzene rings is 2. The summed E-state index contributed by atoms with van der Waals surface area (Å²) < 4.78 is 29.9. The van der Waals surface area contributed by atoms with E-state index in [2.05, 4.69) is 19.9 Å². The minimum Gasteiger partial charge on any atom is -0.494 e. The van der Waals surface area contributed by atoms with Gasteiger partial charge in [0.1, 0.15) is 22.8 Å². The van der Waals surface area contributed by atoms with E-state index in [4.69, 9.17) is 23.7 Å². The Balaban J connectivity index is 1.64. The summed E-state index contributed by atoms with van der Waals surface area (Å²) in [6, 6.07) is 14.0. The molecule has 184 valence electrons. The monoisotopic (exact) mass is 468 g/mol. The summed E-state index contributed by atoms with van der Waals surface area (Å²) in [4.78, 5) is 12.8. The molecule has 0 N–H and O–H groups in total. The highest BCUT2D eigenvalue weighted by molar-refractivity contribution is 5.73. The van der Waals surface area contributed by atoms with Crippen LogP contribution in [-0.4, -0.2) is 38.0 Å². The van der Waals surface area contributed by atoms with Gasteiger partial charge in [-0.05, 0) is 76.8 Å². The maximum absolute atomic E-state index is 12.8. The summed E-state index contributed by atoms with van der Waals surface area (Å²) in [6.07, 6.45) is 1.61. The third-order valence-electron chi connectivity index (χ3n) is 6.98. The number of ether oxygens (including phenoxy) is 5. The van der Waals surface area contributed by atoms with E-state index < -0.39 is 5.60 Å². The number of para-hydroxylation sites is 1. The molecule has 2 aliphatic heterocycles. The van der Waals surface area contributed by atoms with Crippen LogP contribution < -0.4 is 14.2 Å². The highest BCUT2D eigenvalue weighted by Crippen LogP contribution is 2.53. The van der Waals surface area contributed by atoms with E-state index in [0.717, 1.165) is 34.8 Å². The van der Waals surface area contributed by atoms with Gasteiger partial charge in [-0.25, -0.2) is 0 Å². The van der Waals surface area contributed by atoms with Crippen LogP contribution in [0.3, 0.4) is 0 Å². The van der Waals surface area contributed by atoms with Crippen molar-refractivity contribution in [3.8, 4) is 17.2 Å². The molecule has 0 aromatic heterocycles. The van der Waals surface area contributed by atoms with Gasteiger partial charge in [0.25, 0.3) is 0 Å². The van der Waals surface area contributed by atoms with Crippen molar-refractivity contribution in [1.29, 1.82) is 0 Å². The zero-order chi connectivity index (χ0) is 24.3. The molecule has 0 bridgehead atoms. The number of fused-ring (bicyclic) bond motifs is 3. The van der Waals surface area contributed by atoms with E-state index in [0.29, 0.717) is 26.1 Å². The fraction of sp³-hybridized carbons (Fsp3) is 0.536. The van der Waals surface area contributed by atoms with E-state index in [1.54, 1.807) is 0 Å². The third kappa shape index (κ3) is 4.88. The van der Waals surface area contributed by atoms with E-state index >= 15 is 0 Å². The number of hydrogen-bond acceptors (Lipinski definition) is 6. The van der Waals surface area contributed by atoms with Gasteiger partial charge < -0.3 is 23.7 Å². The van der Waals surface area contributed by atoms with Crippen LogP contribution in [0, 0.1) is 11.8 Å². The molecule has 0 spiro atoms. The Bertz CT molecular complexity index is 1000. The fourth-order valence-electron chi connectivity index (χ4n) is 5.30. The lowest BCUT2D eigenvalue weighted by molar-refractivity contribution is -0.190. The first-order chi connectivity index (χ1) is 16.4. The Morgan fingerprint density at radius 2 is 1.85 bits per heavy atom. The van der Waals surface area contributed by atoms with Gasteiger partial charge in [-0.15, -0.1) is 0 Å². The second-order valence-corrected chi connectivity index (χ2v) is 9.48. The number of aryl methyl sites for hydroxylation is 1. The number of methoxy groups -OCH3 is 1. The zero-order valence-corrected chi connectivity index (χ0v) is 20.8. The molecule has 6 nitrogen and oxygen atoms in total. The summed E-state index contributed by atoms with van der Waals surface area (Å²) in [5.74, 6) is 1.91. The van der Waals surface area contributed by atoms with E-state index in [1.807, 2.05) is 50.2 Å². The molecular weight excluding hydrogens is 432 g/mol. The average molecular weight is 469 g/mol. The molecule has 2 aromatic rings. The van der Waals surface area contributed by atoms with Crippen LogP contribution in [0.4, 0.5) is 0 Å². The number of hydrogen-bond donors (Lipinski definition) is 0. The maximum Gasteiger partial charge on any atom is 0.311 e. The Morgan fingerprint density at radius 1 is 1.09 bits per heavy atom. The van der Waals surface area contributed by atoms with Crippen molar-refractivity contribution in [2.24, 2.45) is 11.8 Å². The first-order valence-electron chi connectivity index (χ1n) is 12.3. The van der Waals surface area contributed by atoms with E-state index in [-0.39, 0.29) is 30.0 Å². The topological polar surface area (TPSA) is 63.2 Å². The second-order valence-electron chi connectivity index (χ2n) is 9.48. The van der Waals surface area contributed by atoms with E-state index in [1.165, 1.54) is 7.11 Å². The van der Waals surface area contributed by atoms with E-state index in [9.17, 15) is 4.79 Å². The minimum atomic E-state index is -0.483. The molecule has 0 saturated carbocycles. The highest BCUT2D eigenvalue weighted by atomic mass is 16.5. The molecule has 2 heterocycles. The molecule has 6 heteroatoms. The molecule has 1 fully saturated rings. The Hall–Kier alpha value is -2.73. The average Bonchev–Trinajstić information content (AvgIpc) is 2.83. The molecule has 0 amide bonds. The second kappa shape index (κ2) is 10.3. The first-order valence-corrected chi connectivity index (χ1v) is 12.3. The van der Waals surface area contributed by atoms with Gasteiger partial charge in [-0.2, -0.15) is 0 Å². The molecule has 0 aliphatic carbocycles. The quantitative estimate of drug-likeness (QED) is 0.475. The van der Waals surface area contributed by atoms with Crippen molar-refractivity contribution < 1.29 is 28.5 Å². The predicted octanol–water partition coefficient (Wildman–Crippen LogP) is 5.52. The van der Waals surface area contributed by atoms with Crippen LogP contribution in [0.5, 0.6) is 17.2 Å². The van der Waals surface area contributed by atoms with Crippen molar-refractivity contribution in [3.05, 3.63) is 53.6 Å². The molecule has 2 aromatic carbocycles. The van der Waals surface area contributed by atoms with Crippen LogP contribution in [0.25, 0.3) is 0 Å². The lowest BCUT2D eigenvalue weighted by Gasteiger charge is -2.50. The van der Waals surface area contributed by atoms with Gasteiger partial charge in [0.2, 0.25) is 0 Å². The summed E-state index contributed by atoms with van der Waals surface area (Å²) in [6.45, 7) is 9.29. The molecule has 34 heavy (non-hydrogen) atoms. The largest absolute Gasteiger partial charge is 0.494 e. The molecule has 0 unspecified atom stereocenters. The standard InChI is InChI=1S/C28H36O6/c1-6-31-19-13-15-25-20(16-19)26-22(28(3,4)34-25)17-21(27(29)30-5)24(33-26)14-12-18-10-8-9-11-23(18)32-7-2/h8-11,13,15-16,21-22,24,26H,6-7,12,14,17H2,1-5H3/t21-,22-,24-,26+/m1/s1. The van der Waals surface area contributed by atoms with Gasteiger partial charge in [0.15, 0.2) is 0 Å². The predicted molar refractivity (Wildman–Crippen MR) is 129 cm³/mol. The highest BCUT2D eigenvalue weighted by Gasteiger charge is 2.52. The first kappa shape index (κ1) is 24.4. The van der Waals surface area contributed by atoms with Crippen LogP contribution >= 0.6 is 0 Å². The van der Waals surface area contributed by atoms with Gasteiger partial charge in [-0.3, -0.25) is 4.79 Å². The van der Waals surface area contributed by atoms with Crippen molar-refractivity contribution in [2.75, 3.05) is 20.3 Å². The summed E-state index contributed by atoms with van der Waals surface area (Å²) in [5, 5.41) is 0. The molecule has 0 radical (unpaired) electrons. The van der Waals surface area contributed by atoms with Crippen LogP contribution in [-0.2, 0) is 20.7 Å². The Labute approximate surface area is 202 Å². The van der Waals surface area contributed by atoms with Crippen LogP contribution in [0.2, 0.25) is 0 Å². The summed E-state index contributed by atoms with van der Waals surface area (Å²) in [5.41, 5.74) is 1.62. The van der Waals surface area contributed by atoms with Gasteiger partial charge in [-0.1, -0.05) is 18.2 Å². The van der Waals surface area contributed by atoms with Gasteiger partial charge in [0, 0.05) is 11.5 Å². The number of carbonyl (C=O) groups is 1. The minimum absolute atomic E-state index is 0.00735. The SMILES string of the molecule is CCOc1ccc2c(c1)[C@@H]1O[C@H](CCc3ccccc3OCC)[C@H](C(=O)OC)C[C@H]1C(C)(C)O2. The number of rotatable bonds is 8. The fourth-order valence-corrected chi connectivity index (χ4v) is 5.30. The third-order valence-corrected chi connectivity index (χ3v) is 6.98. The molecular formula is C28H36O6. The van der Waals surface area contributed by atoms with Crippen LogP contribution in [0.15, 0.2) is 42.5 Å². The number of esters is 1. The zero-order valence-electron chi connectivity index (χ0n) is 20.8. The maximum atomic E-state index is 12.8. The van der Waals surface area contributed by atoms with Crippen molar-refractivity contribution in [2.45, 2.75) is 64.8 Å². The number of carbonyl (C=O) groups excluding carboxylic acids is 1. The van der Waals surface area contributed by atoms with Gasteiger partial charge >= 0.3 is 5.97 Å². The Kier molecular flexibility index (Phi) is 7.36. The molecule has 4 atom stereocenters. The molecule has 1 saturated heterocycles. The summed E-state index contributed by atoms with van der Waals surface area (Å²) in [7, 11) is 1.45. The molecule has 4 rings (SSSR count). The van der Waals surface area contributed by atoms with Gasteiger partial charge in [0.05, 0.1) is 38.4 Å². The lowest BCUT2D eigenvalue weighted by atomic mass is 9.71. The lowest BCUT2D eigenvalue weighted by Crippen LogP contribution is -2.52. The normalized spacial score (nSPS) is 24.9.